The number of ether oxygens (including phenoxy) is 1. The van der Waals surface area contributed by atoms with Crippen LogP contribution in [0.2, 0.25) is 0 Å². The molecule has 1 aromatic carbocycles. The van der Waals surface area contributed by atoms with E-state index in [1.807, 2.05) is 22.9 Å². The number of carbonyl (C=O) groups is 1. The average Bonchev–Trinajstić information content (AvgIpc) is 3.30. The van der Waals surface area contributed by atoms with Crippen molar-refractivity contribution >= 4 is 5.91 Å². The summed E-state index contributed by atoms with van der Waals surface area (Å²) in [5, 5.41) is 7.73. The summed E-state index contributed by atoms with van der Waals surface area (Å²) < 4.78 is 7.83. The summed E-state index contributed by atoms with van der Waals surface area (Å²) in [6.07, 6.45) is 5.92. The molecular formula is C19H23N3O2. The summed E-state index contributed by atoms with van der Waals surface area (Å²) in [5.41, 5.74) is 3.44. The third kappa shape index (κ3) is 3.67. The Labute approximate surface area is 142 Å². The Morgan fingerprint density at radius 1 is 1.29 bits per heavy atom. The third-order valence-electron chi connectivity index (χ3n) is 4.71. The van der Waals surface area contributed by atoms with Crippen LogP contribution in [0.4, 0.5) is 0 Å². The lowest BCUT2D eigenvalue weighted by molar-refractivity contribution is -0.122. The summed E-state index contributed by atoms with van der Waals surface area (Å²) in [7, 11) is 0. The predicted molar refractivity (Wildman–Crippen MR) is 90.5 cm³/mol. The number of nitrogens with zero attached hydrogens (tertiary/aromatic N) is 2. The normalized spacial score (nSPS) is 19.8. The van der Waals surface area contributed by atoms with Gasteiger partial charge in [-0.3, -0.25) is 9.48 Å². The minimum absolute atomic E-state index is 0.131. The molecule has 1 fully saturated rings. The first-order valence-electron chi connectivity index (χ1n) is 8.76. The molecule has 2 aromatic rings. The molecule has 126 valence electrons. The second-order valence-corrected chi connectivity index (χ2v) is 6.78. The largest absolute Gasteiger partial charge is 0.370 e. The Hall–Kier alpha value is -2.14. The zero-order chi connectivity index (χ0) is 16.4. The molecule has 0 spiro atoms. The molecule has 1 aliphatic carbocycles. The topological polar surface area (TPSA) is 56.1 Å². The van der Waals surface area contributed by atoms with Crippen LogP contribution < -0.4 is 5.32 Å². The molecule has 1 atom stereocenters. The number of amides is 1. The first kappa shape index (κ1) is 15.4. The summed E-state index contributed by atoms with van der Waals surface area (Å²) in [4.78, 5) is 11.9. The molecule has 2 aliphatic rings. The van der Waals surface area contributed by atoms with E-state index in [0.29, 0.717) is 25.5 Å². The number of rotatable bonds is 6. The SMILES string of the molecule is O=C(CC1CC1)NC[C@@H]1OCCc2cn(Cc3ccccc3)nc21. The van der Waals surface area contributed by atoms with Crippen molar-refractivity contribution in [3.63, 3.8) is 0 Å². The van der Waals surface area contributed by atoms with Crippen LogP contribution in [-0.4, -0.2) is 28.8 Å². The van der Waals surface area contributed by atoms with Crippen molar-refractivity contribution in [2.45, 2.75) is 38.3 Å². The standard InChI is InChI=1S/C19H23N3O2/c23-18(10-14-6-7-14)20-11-17-19-16(8-9-24-17)13-22(21-19)12-15-4-2-1-3-5-15/h1-5,13-14,17H,6-12H2,(H,20,23)/t17-/m0/s1. The minimum atomic E-state index is -0.131. The van der Waals surface area contributed by atoms with Crippen LogP contribution in [0.5, 0.6) is 0 Å². The van der Waals surface area contributed by atoms with Crippen molar-refractivity contribution in [2.24, 2.45) is 5.92 Å². The van der Waals surface area contributed by atoms with Crippen LogP contribution in [0.1, 0.15) is 42.2 Å². The number of benzene rings is 1. The highest BCUT2D eigenvalue weighted by atomic mass is 16.5. The highest BCUT2D eigenvalue weighted by Gasteiger charge is 2.27. The zero-order valence-corrected chi connectivity index (χ0v) is 13.8. The van der Waals surface area contributed by atoms with Gasteiger partial charge in [-0.05, 0) is 36.3 Å². The molecule has 0 saturated heterocycles. The molecule has 5 nitrogen and oxygen atoms in total. The Kier molecular flexibility index (Phi) is 4.34. The van der Waals surface area contributed by atoms with Gasteiger partial charge in [-0.25, -0.2) is 0 Å². The van der Waals surface area contributed by atoms with Crippen molar-refractivity contribution in [1.29, 1.82) is 0 Å². The van der Waals surface area contributed by atoms with Crippen LogP contribution in [0, 0.1) is 5.92 Å². The third-order valence-corrected chi connectivity index (χ3v) is 4.71. The van der Waals surface area contributed by atoms with E-state index in [1.54, 1.807) is 0 Å². The lowest BCUT2D eigenvalue weighted by Crippen LogP contribution is -2.32. The molecule has 4 rings (SSSR count). The van der Waals surface area contributed by atoms with Gasteiger partial charge in [0.05, 0.1) is 18.8 Å². The molecule has 1 saturated carbocycles. The number of hydrogen-bond donors (Lipinski definition) is 1. The van der Waals surface area contributed by atoms with Crippen LogP contribution in [0.15, 0.2) is 36.5 Å². The summed E-state index contributed by atoms with van der Waals surface area (Å²) in [6, 6.07) is 10.3. The molecule has 1 N–H and O–H groups in total. The molecule has 0 bridgehead atoms. The Morgan fingerprint density at radius 3 is 2.92 bits per heavy atom. The van der Waals surface area contributed by atoms with Gasteiger partial charge in [-0.15, -0.1) is 0 Å². The first-order valence-corrected chi connectivity index (χ1v) is 8.76. The fraction of sp³-hybridized carbons (Fsp3) is 0.474. The summed E-state index contributed by atoms with van der Waals surface area (Å²) in [6.45, 7) is 1.96. The number of hydrogen-bond acceptors (Lipinski definition) is 3. The van der Waals surface area contributed by atoms with Gasteiger partial charge < -0.3 is 10.1 Å². The maximum Gasteiger partial charge on any atom is 0.220 e. The van der Waals surface area contributed by atoms with E-state index < -0.39 is 0 Å². The van der Waals surface area contributed by atoms with Gasteiger partial charge in [0.1, 0.15) is 6.10 Å². The highest BCUT2D eigenvalue weighted by Crippen LogP contribution is 2.32. The van der Waals surface area contributed by atoms with Crippen LogP contribution in [0.3, 0.4) is 0 Å². The second kappa shape index (κ2) is 6.77. The van der Waals surface area contributed by atoms with Crippen LogP contribution in [0.25, 0.3) is 0 Å². The maximum atomic E-state index is 11.9. The molecule has 5 heteroatoms. The monoisotopic (exact) mass is 325 g/mol. The lowest BCUT2D eigenvalue weighted by Gasteiger charge is -2.22. The van der Waals surface area contributed by atoms with Crippen molar-refractivity contribution in [3.8, 4) is 0 Å². The van der Waals surface area contributed by atoms with Crippen LogP contribution in [-0.2, 0) is 22.5 Å². The molecular weight excluding hydrogens is 302 g/mol. The van der Waals surface area contributed by atoms with E-state index in [1.165, 1.54) is 24.0 Å². The fourth-order valence-corrected chi connectivity index (χ4v) is 3.20. The van der Waals surface area contributed by atoms with Gasteiger partial charge in [0, 0.05) is 19.2 Å². The second-order valence-electron chi connectivity index (χ2n) is 6.78. The smallest absolute Gasteiger partial charge is 0.220 e. The van der Waals surface area contributed by atoms with E-state index in [9.17, 15) is 4.79 Å². The maximum absolute atomic E-state index is 11.9. The average molecular weight is 325 g/mol. The Balaban J connectivity index is 1.41. The summed E-state index contributed by atoms with van der Waals surface area (Å²) in [5.74, 6) is 0.745. The zero-order valence-electron chi connectivity index (χ0n) is 13.8. The Bertz CT molecular complexity index is 707. The number of aromatic nitrogens is 2. The molecule has 1 amide bonds. The molecule has 1 aromatic heterocycles. The van der Waals surface area contributed by atoms with Gasteiger partial charge in [-0.2, -0.15) is 5.10 Å². The van der Waals surface area contributed by atoms with Gasteiger partial charge in [0.25, 0.3) is 0 Å². The first-order chi connectivity index (χ1) is 11.8. The number of fused-ring (bicyclic) bond motifs is 1. The van der Waals surface area contributed by atoms with Crippen molar-refractivity contribution in [3.05, 3.63) is 53.3 Å². The van der Waals surface area contributed by atoms with E-state index in [-0.39, 0.29) is 12.0 Å². The molecule has 0 radical (unpaired) electrons. The number of carbonyl (C=O) groups excluding carboxylic acids is 1. The van der Waals surface area contributed by atoms with Gasteiger partial charge in [-0.1, -0.05) is 30.3 Å². The van der Waals surface area contributed by atoms with Gasteiger partial charge in [0.15, 0.2) is 0 Å². The van der Waals surface area contributed by atoms with Crippen molar-refractivity contribution < 1.29 is 9.53 Å². The highest BCUT2D eigenvalue weighted by molar-refractivity contribution is 5.76. The predicted octanol–water partition coefficient (Wildman–Crippen LogP) is 2.46. The van der Waals surface area contributed by atoms with Gasteiger partial charge in [0.2, 0.25) is 5.91 Å². The molecule has 1 aliphatic heterocycles. The van der Waals surface area contributed by atoms with Crippen molar-refractivity contribution in [2.75, 3.05) is 13.2 Å². The minimum Gasteiger partial charge on any atom is -0.370 e. The van der Waals surface area contributed by atoms with E-state index in [0.717, 1.165) is 18.7 Å². The van der Waals surface area contributed by atoms with E-state index in [2.05, 4.69) is 23.6 Å². The quantitative estimate of drug-likeness (QED) is 0.887. The number of nitrogens with one attached hydrogen (secondary N) is 1. The molecule has 0 unspecified atom stereocenters. The van der Waals surface area contributed by atoms with Crippen molar-refractivity contribution in [1.82, 2.24) is 15.1 Å². The Morgan fingerprint density at radius 2 is 2.12 bits per heavy atom. The lowest BCUT2D eigenvalue weighted by atomic mass is 10.1. The fourth-order valence-electron chi connectivity index (χ4n) is 3.20. The van der Waals surface area contributed by atoms with E-state index in [4.69, 9.17) is 9.84 Å². The summed E-state index contributed by atoms with van der Waals surface area (Å²) >= 11 is 0. The van der Waals surface area contributed by atoms with Crippen LogP contribution >= 0.6 is 0 Å². The molecule has 24 heavy (non-hydrogen) atoms. The van der Waals surface area contributed by atoms with Gasteiger partial charge >= 0.3 is 0 Å². The molecule has 2 heterocycles. The van der Waals surface area contributed by atoms with E-state index >= 15 is 0 Å².